The van der Waals surface area contributed by atoms with Crippen molar-refractivity contribution in [3.05, 3.63) is 11.1 Å². The van der Waals surface area contributed by atoms with E-state index in [9.17, 15) is 9.59 Å². The van der Waals surface area contributed by atoms with Gasteiger partial charge in [-0.05, 0) is 19.8 Å². The maximum Gasteiger partial charge on any atom is 0.236 e. The first kappa shape index (κ1) is 21.2. The second-order valence-corrected chi connectivity index (χ2v) is 8.57. The van der Waals surface area contributed by atoms with Crippen LogP contribution in [0.3, 0.4) is 0 Å². The highest BCUT2D eigenvalue weighted by atomic mass is 32.1. The van der Waals surface area contributed by atoms with E-state index < -0.39 is 0 Å². The lowest BCUT2D eigenvalue weighted by molar-refractivity contribution is -0.132. The van der Waals surface area contributed by atoms with E-state index in [1.165, 1.54) is 24.2 Å². The van der Waals surface area contributed by atoms with E-state index in [1.807, 2.05) is 6.92 Å². The van der Waals surface area contributed by atoms with Crippen molar-refractivity contribution in [2.45, 2.75) is 46.1 Å². The summed E-state index contributed by atoms with van der Waals surface area (Å²) < 4.78 is 0. The van der Waals surface area contributed by atoms with E-state index in [2.05, 4.69) is 25.1 Å². The summed E-state index contributed by atoms with van der Waals surface area (Å²) in [6.07, 6.45) is 4.80. The number of anilines is 1. The number of thiazole rings is 1. The van der Waals surface area contributed by atoms with Crippen molar-refractivity contribution in [1.29, 1.82) is 0 Å². The number of carbonyl (C=O) groups excluding carboxylic acids is 2. The second-order valence-electron chi connectivity index (χ2n) is 7.73. The minimum atomic E-state index is 0.0334. The molecule has 3 heterocycles. The highest BCUT2D eigenvalue weighted by molar-refractivity contribution is 7.14. The van der Waals surface area contributed by atoms with Crippen LogP contribution < -0.4 is 4.90 Å². The first-order chi connectivity index (χ1) is 13.6. The summed E-state index contributed by atoms with van der Waals surface area (Å²) in [7, 11) is 0. The standard InChI is InChI=1S/C20H33N5O2S/c1-3-25(17(2)26)20-21-18(16-28-20)14-22-10-12-23(13-11-22)15-19(27)24-8-6-4-5-7-9-24/h16H,3-15H2,1-2H3. The van der Waals surface area contributed by atoms with Gasteiger partial charge in [-0.1, -0.05) is 12.8 Å². The summed E-state index contributed by atoms with van der Waals surface area (Å²) >= 11 is 1.53. The van der Waals surface area contributed by atoms with Crippen molar-refractivity contribution < 1.29 is 9.59 Å². The third-order valence-electron chi connectivity index (χ3n) is 5.64. The van der Waals surface area contributed by atoms with Crippen LogP contribution in [0.15, 0.2) is 5.38 Å². The Hall–Kier alpha value is -1.51. The molecule has 2 aliphatic heterocycles. The lowest BCUT2D eigenvalue weighted by Gasteiger charge is -2.35. The van der Waals surface area contributed by atoms with E-state index in [0.717, 1.165) is 69.5 Å². The number of rotatable bonds is 6. The highest BCUT2D eigenvalue weighted by Crippen LogP contribution is 2.22. The van der Waals surface area contributed by atoms with E-state index in [4.69, 9.17) is 0 Å². The van der Waals surface area contributed by atoms with Gasteiger partial charge in [0.05, 0.1) is 12.2 Å². The van der Waals surface area contributed by atoms with Gasteiger partial charge in [0.1, 0.15) is 0 Å². The largest absolute Gasteiger partial charge is 0.342 e. The van der Waals surface area contributed by atoms with E-state index in [0.29, 0.717) is 19.0 Å². The summed E-state index contributed by atoms with van der Waals surface area (Å²) in [6.45, 7) is 11.2. The Labute approximate surface area is 172 Å². The van der Waals surface area contributed by atoms with Crippen LogP contribution >= 0.6 is 11.3 Å². The molecule has 28 heavy (non-hydrogen) atoms. The summed E-state index contributed by atoms with van der Waals surface area (Å²) in [5.74, 6) is 0.328. The molecule has 7 nitrogen and oxygen atoms in total. The molecular weight excluding hydrogens is 374 g/mol. The Balaban J connectivity index is 1.43. The van der Waals surface area contributed by atoms with Gasteiger partial charge in [-0.15, -0.1) is 11.3 Å². The van der Waals surface area contributed by atoms with Crippen molar-refractivity contribution in [3.8, 4) is 0 Å². The zero-order chi connectivity index (χ0) is 19.9. The Morgan fingerprint density at radius 3 is 2.29 bits per heavy atom. The SMILES string of the molecule is CCN(C(C)=O)c1nc(CN2CCN(CC(=O)N3CCCCCC3)CC2)cs1. The molecule has 2 aliphatic rings. The maximum absolute atomic E-state index is 12.6. The summed E-state index contributed by atoms with van der Waals surface area (Å²) in [5, 5.41) is 2.84. The van der Waals surface area contributed by atoms with Crippen LogP contribution in [0, 0.1) is 0 Å². The van der Waals surface area contributed by atoms with Gasteiger partial charge in [-0.2, -0.15) is 0 Å². The van der Waals surface area contributed by atoms with Crippen LogP contribution in [0.4, 0.5) is 5.13 Å². The molecule has 0 atom stereocenters. The number of aromatic nitrogens is 1. The van der Waals surface area contributed by atoms with Crippen molar-refractivity contribution in [2.75, 3.05) is 57.3 Å². The van der Waals surface area contributed by atoms with E-state index in [-0.39, 0.29) is 5.91 Å². The average Bonchev–Trinajstić information content (AvgIpc) is 2.95. The van der Waals surface area contributed by atoms with Gasteiger partial charge in [-0.3, -0.25) is 24.3 Å². The molecule has 0 bridgehead atoms. The molecule has 0 spiro atoms. The third-order valence-corrected chi connectivity index (χ3v) is 6.55. The predicted octanol–water partition coefficient (Wildman–Crippen LogP) is 2.04. The fourth-order valence-corrected chi connectivity index (χ4v) is 4.86. The van der Waals surface area contributed by atoms with Gasteiger partial charge < -0.3 is 4.90 Å². The van der Waals surface area contributed by atoms with Crippen molar-refractivity contribution in [3.63, 3.8) is 0 Å². The number of amides is 2. The van der Waals surface area contributed by atoms with Crippen LogP contribution in [0.2, 0.25) is 0 Å². The molecule has 3 rings (SSSR count). The third kappa shape index (κ3) is 5.75. The van der Waals surface area contributed by atoms with Crippen molar-refractivity contribution >= 4 is 28.3 Å². The fraction of sp³-hybridized carbons (Fsp3) is 0.750. The van der Waals surface area contributed by atoms with Crippen LogP contribution in [0.1, 0.15) is 45.2 Å². The molecule has 2 fully saturated rings. The fourth-order valence-electron chi connectivity index (χ4n) is 3.93. The predicted molar refractivity (Wildman–Crippen MR) is 113 cm³/mol. The molecule has 0 saturated carbocycles. The lowest BCUT2D eigenvalue weighted by Crippen LogP contribution is -2.49. The van der Waals surface area contributed by atoms with Gasteiger partial charge in [0.2, 0.25) is 11.8 Å². The van der Waals surface area contributed by atoms with Gasteiger partial charge in [-0.25, -0.2) is 4.98 Å². The molecule has 0 aliphatic carbocycles. The number of likely N-dealkylation sites (tertiary alicyclic amines) is 1. The first-order valence-electron chi connectivity index (χ1n) is 10.5. The number of hydrogen-bond donors (Lipinski definition) is 0. The smallest absolute Gasteiger partial charge is 0.236 e. The van der Waals surface area contributed by atoms with Crippen LogP contribution in [0.5, 0.6) is 0 Å². The first-order valence-corrected chi connectivity index (χ1v) is 11.4. The summed E-state index contributed by atoms with van der Waals surface area (Å²) in [5.41, 5.74) is 1.02. The van der Waals surface area contributed by atoms with Crippen molar-refractivity contribution in [1.82, 2.24) is 19.7 Å². The molecule has 1 aromatic rings. The molecular formula is C20H33N5O2S. The monoisotopic (exact) mass is 407 g/mol. The maximum atomic E-state index is 12.6. The van der Waals surface area contributed by atoms with Crippen LogP contribution in [-0.2, 0) is 16.1 Å². The molecule has 0 radical (unpaired) electrons. The van der Waals surface area contributed by atoms with Gasteiger partial charge in [0.25, 0.3) is 0 Å². The molecule has 0 unspecified atom stereocenters. The Bertz CT molecular complexity index is 649. The highest BCUT2D eigenvalue weighted by Gasteiger charge is 2.23. The summed E-state index contributed by atoms with van der Waals surface area (Å²) in [6, 6.07) is 0. The zero-order valence-corrected chi connectivity index (χ0v) is 18.0. The molecule has 2 amide bonds. The molecule has 156 valence electrons. The minimum absolute atomic E-state index is 0.0334. The number of hydrogen-bond acceptors (Lipinski definition) is 6. The molecule has 0 N–H and O–H groups in total. The zero-order valence-electron chi connectivity index (χ0n) is 17.2. The lowest BCUT2D eigenvalue weighted by atomic mass is 10.2. The average molecular weight is 408 g/mol. The Kier molecular flexibility index (Phi) is 7.82. The Morgan fingerprint density at radius 1 is 1.04 bits per heavy atom. The Morgan fingerprint density at radius 2 is 1.68 bits per heavy atom. The van der Waals surface area contributed by atoms with E-state index >= 15 is 0 Å². The topological polar surface area (TPSA) is 60.0 Å². The van der Waals surface area contributed by atoms with E-state index in [1.54, 1.807) is 11.8 Å². The van der Waals surface area contributed by atoms with Crippen LogP contribution in [-0.4, -0.2) is 83.9 Å². The quantitative estimate of drug-likeness (QED) is 0.722. The van der Waals surface area contributed by atoms with Gasteiger partial charge >= 0.3 is 0 Å². The molecule has 8 heteroatoms. The molecule has 1 aromatic heterocycles. The number of piperazine rings is 1. The summed E-state index contributed by atoms with van der Waals surface area (Å²) in [4.78, 5) is 37.3. The van der Waals surface area contributed by atoms with Gasteiger partial charge in [0.15, 0.2) is 5.13 Å². The molecule has 0 aromatic carbocycles. The second kappa shape index (κ2) is 10.3. The minimum Gasteiger partial charge on any atom is -0.342 e. The number of nitrogens with zero attached hydrogens (tertiary/aromatic N) is 5. The van der Waals surface area contributed by atoms with Crippen LogP contribution in [0.25, 0.3) is 0 Å². The van der Waals surface area contributed by atoms with Crippen molar-refractivity contribution in [2.24, 2.45) is 0 Å². The van der Waals surface area contributed by atoms with Gasteiger partial charge in [0, 0.05) is 64.7 Å². The normalized spacial score (nSPS) is 19.4. The number of carbonyl (C=O) groups is 2. The molecule has 2 saturated heterocycles.